The number of aliphatic hydroxyl groups is 1. The minimum atomic E-state index is -0.358. The van der Waals surface area contributed by atoms with Crippen LogP contribution in [0.4, 0.5) is 0 Å². The van der Waals surface area contributed by atoms with Gasteiger partial charge in [-0.1, -0.05) is 73.1 Å². The molecule has 0 bridgehead atoms. The first-order valence-electron chi connectivity index (χ1n) is 9.15. The van der Waals surface area contributed by atoms with Gasteiger partial charge in [-0.2, -0.15) is 0 Å². The molecule has 0 aliphatic carbocycles. The number of unbranched alkanes of at least 4 members (excludes halogenated alkanes) is 5. The summed E-state index contributed by atoms with van der Waals surface area (Å²) in [6, 6.07) is 0. The number of aliphatic hydroxyl groups excluding tert-OH is 1. The van der Waals surface area contributed by atoms with Crippen molar-refractivity contribution in [1.82, 2.24) is 0 Å². The fraction of sp³-hybridized carbons (Fsp3) is 0.947. The van der Waals surface area contributed by atoms with Crippen LogP contribution in [0.25, 0.3) is 0 Å². The van der Waals surface area contributed by atoms with E-state index in [0.29, 0.717) is 6.61 Å². The van der Waals surface area contributed by atoms with Crippen LogP contribution in [0.5, 0.6) is 0 Å². The summed E-state index contributed by atoms with van der Waals surface area (Å²) in [6.07, 6.45) is 10.0. The summed E-state index contributed by atoms with van der Waals surface area (Å²) in [7, 11) is 0. The van der Waals surface area contributed by atoms with Crippen LogP contribution in [-0.2, 0) is 9.53 Å². The Hall–Kier alpha value is -0.570. The molecule has 0 fully saturated rings. The van der Waals surface area contributed by atoms with E-state index in [4.69, 9.17) is 4.74 Å². The second-order valence-electron chi connectivity index (χ2n) is 7.40. The van der Waals surface area contributed by atoms with Crippen molar-refractivity contribution in [2.24, 2.45) is 10.8 Å². The Kier molecular flexibility index (Phi) is 10.8. The van der Waals surface area contributed by atoms with Crippen molar-refractivity contribution in [1.29, 1.82) is 0 Å². The zero-order chi connectivity index (χ0) is 17.1. The number of hydrogen-bond acceptors (Lipinski definition) is 3. The lowest BCUT2D eigenvalue weighted by atomic mass is 9.77. The molecule has 0 atom stereocenters. The molecule has 0 radical (unpaired) electrons. The van der Waals surface area contributed by atoms with E-state index in [2.05, 4.69) is 20.8 Å². The van der Waals surface area contributed by atoms with Crippen LogP contribution in [0.1, 0.15) is 92.4 Å². The number of hydrogen-bond donors (Lipinski definition) is 1. The number of rotatable bonds is 13. The van der Waals surface area contributed by atoms with Gasteiger partial charge in [0.05, 0.1) is 18.6 Å². The lowest BCUT2D eigenvalue weighted by Gasteiger charge is -2.31. The molecular formula is C19H38O3. The highest BCUT2D eigenvalue weighted by atomic mass is 16.5. The van der Waals surface area contributed by atoms with Crippen LogP contribution in [0.3, 0.4) is 0 Å². The van der Waals surface area contributed by atoms with Gasteiger partial charge in [0.25, 0.3) is 0 Å². The van der Waals surface area contributed by atoms with Crippen molar-refractivity contribution >= 4 is 5.97 Å². The first-order valence-corrected chi connectivity index (χ1v) is 9.15. The summed E-state index contributed by atoms with van der Waals surface area (Å²) in [5.41, 5.74) is -0.695. The summed E-state index contributed by atoms with van der Waals surface area (Å²) < 4.78 is 5.54. The Morgan fingerprint density at radius 3 is 2.00 bits per heavy atom. The lowest BCUT2D eigenvalue weighted by molar-refractivity contribution is -0.161. The fourth-order valence-electron chi connectivity index (χ4n) is 2.70. The molecule has 3 nitrogen and oxygen atoms in total. The van der Waals surface area contributed by atoms with Crippen molar-refractivity contribution in [3.05, 3.63) is 0 Å². The Morgan fingerprint density at radius 2 is 1.50 bits per heavy atom. The molecule has 3 heteroatoms. The van der Waals surface area contributed by atoms with E-state index in [1.54, 1.807) is 0 Å². The minimum absolute atomic E-state index is 0.0307. The Labute approximate surface area is 137 Å². The molecule has 132 valence electrons. The molecule has 0 aromatic carbocycles. The molecule has 0 aliphatic heterocycles. The standard InChI is InChI=1S/C19H38O3/c1-6-9-10-11-12-13-14-19(7-2,8-3)17(21)22-16-18(4,5)15-20/h20H,6-16H2,1-5H3. The Morgan fingerprint density at radius 1 is 0.955 bits per heavy atom. The number of carbonyl (C=O) groups excluding carboxylic acids is 1. The van der Waals surface area contributed by atoms with Gasteiger partial charge in [-0.25, -0.2) is 0 Å². The van der Waals surface area contributed by atoms with Crippen molar-refractivity contribution in [3.63, 3.8) is 0 Å². The molecule has 0 spiro atoms. The predicted octanol–water partition coefficient (Wildman–Crippen LogP) is 5.11. The van der Waals surface area contributed by atoms with Crippen LogP contribution in [-0.4, -0.2) is 24.3 Å². The van der Waals surface area contributed by atoms with Gasteiger partial charge >= 0.3 is 5.97 Å². The zero-order valence-electron chi connectivity index (χ0n) is 15.5. The average Bonchev–Trinajstić information content (AvgIpc) is 2.52. The van der Waals surface area contributed by atoms with E-state index >= 15 is 0 Å². The van der Waals surface area contributed by atoms with Crippen molar-refractivity contribution in [2.75, 3.05) is 13.2 Å². The number of esters is 1. The third kappa shape index (κ3) is 7.62. The van der Waals surface area contributed by atoms with E-state index in [-0.39, 0.29) is 23.4 Å². The van der Waals surface area contributed by atoms with Gasteiger partial charge in [-0.15, -0.1) is 0 Å². The van der Waals surface area contributed by atoms with E-state index in [1.807, 2.05) is 13.8 Å². The number of ether oxygens (including phenoxy) is 1. The molecule has 0 unspecified atom stereocenters. The predicted molar refractivity (Wildman–Crippen MR) is 92.8 cm³/mol. The maximum Gasteiger partial charge on any atom is 0.312 e. The lowest BCUT2D eigenvalue weighted by Crippen LogP contribution is -2.35. The molecule has 0 saturated carbocycles. The highest BCUT2D eigenvalue weighted by Crippen LogP contribution is 2.35. The summed E-state index contributed by atoms with van der Waals surface area (Å²) in [6.45, 7) is 10.5. The summed E-state index contributed by atoms with van der Waals surface area (Å²) >= 11 is 0. The molecule has 0 saturated heterocycles. The van der Waals surface area contributed by atoms with E-state index in [0.717, 1.165) is 25.7 Å². The summed E-state index contributed by atoms with van der Waals surface area (Å²) in [5.74, 6) is -0.0763. The summed E-state index contributed by atoms with van der Waals surface area (Å²) in [4.78, 5) is 12.6. The molecule has 0 heterocycles. The van der Waals surface area contributed by atoms with Crippen LogP contribution >= 0.6 is 0 Å². The first kappa shape index (κ1) is 21.4. The molecular weight excluding hydrogens is 276 g/mol. The highest BCUT2D eigenvalue weighted by Gasteiger charge is 2.36. The molecule has 0 aromatic rings. The molecule has 1 N–H and O–H groups in total. The van der Waals surface area contributed by atoms with Gasteiger partial charge in [0.15, 0.2) is 0 Å². The quantitative estimate of drug-likeness (QED) is 0.380. The third-order valence-electron chi connectivity index (χ3n) is 4.82. The number of carbonyl (C=O) groups is 1. The smallest absolute Gasteiger partial charge is 0.312 e. The van der Waals surface area contributed by atoms with E-state index in [9.17, 15) is 9.90 Å². The van der Waals surface area contributed by atoms with Crippen LogP contribution in [0, 0.1) is 10.8 Å². The maximum absolute atomic E-state index is 12.6. The molecule has 22 heavy (non-hydrogen) atoms. The highest BCUT2D eigenvalue weighted by molar-refractivity contribution is 5.76. The van der Waals surface area contributed by atoms with Gasteiger partial charge in [0.1, 0.15) is 0 Å². The van der Waals surface area contributed by atoms with Crippen molar-refractivity contribution in [2.45, 2.75) is 92.4 Å². The Balaban J connectivity index is 4.37. The van der Waals surface area contributed by atoms with Crippen LogP contribution in [0.15, 0.2) is 0 Å². The molecule has 0 aliphatic rings. The third-order valence-corrected chi connectivity index (χ3v) is 4.82. The van der Waals surface area contributed by atoms with Crippen LogP contribution < -0.4 is 0 Å². The average molecular weight is 315 g/mol. The fourth-order valence-corrected chi connectivity index (χ4v) is 2.70. The minimum Gasteiger partial charge on any atom is -0.465 e. The molecule has 0 aromatic heterocycles. The van der Waals surface area contributed by atoms with E-state index < -0.39 is 0 Å². The SMILES string of the molecule is CCCCCCCCC(CC)(CC)C(=O)OCC(C)(C)CO. The second kappa shape index (κ2) is 11.0. The molecule has 0 rings (SSSR count). The van der Waals surface area contributed by atoms with Gasteiger partial charge in [-0.3, -0.25) is 4.79 Å². The molecule has 0 amide bonds. The first-order chi connectivity index (χ1) is 10.4. The van der Waals surface area contributed by atoms with Crippen LogP contribution in [0.2, 0.25) is 0 Å². The van der Waals surface area contributed by atoms with Gasteiger partial charge in [0.2, 0.25) is 0 Å². The largest absolute Gasteiger partial charge is 0.465 e. The van der Waals surface area contributed by atoms with Crippen molar-refractivity contribution in [3.8, 4) is 0 Å². The van der Waals surface area contributed by atoms with E-state index in [1.165, 1.54) is 32.1 Å². The maximum atomic E-state index is 12.6. The summed E-state index contributed by atoms with van der Waals surface area (Å²) in [5, 5.41) is 9.28. The second-order valence-corrected chi connectivity index (χ2v) is 7.40. The normalized spacial score (nSPS) is 12.5. The van der Waals surface area contributed by atoms with Crippen molar-refractivity contribution < 1.29 is 14.6 Å². The van der Waals surface area contributed by atoms with Gasteiger partial charge < -0.3 is 9.84 Å². The Bertz CT molecular complexity index is 293. The zero-order valence-corrected chi connectivity index (χ0v) is 15.5. The topological polar surface area (TPSA) is 46.5 Å². The monoisotopic (exact) mass is 314 g/mol. The van der Waals surface area contributed by atoms with Gasteiger partial charge in [-0.05, 0) is 19.3 Å². The van der Waals surface area contributed by atoms with Gasteiger partial charge in [0, 0.05) is 5.41 Å².